The van der Waals surface area contributed by atoms with Gasteiger partial charge < -0.3 is 24.5 Å². The van der Waals surface area contributed by atoms with Crippen LogP contribution in [0.1, 0.15) is 62.8 Å². The van der Waals surface area contributed by atoms with Gasteiger partial charge in [0.25, 0.3) is 5.91 Å². The molecule has 2 aromatic rings. The van der Waals surface area contributed by atoms with Crippen LogP contribution in [-0.4, -0.2) is 81.2 Å². The van der Waals surface area contributed by atoms with Crippen molar-refractivity contribution in [2.24, 2.45) is 35.5 Å². The van der Waals surface area contributed by atoms with Gasteiger partial charge in [0.05, 0.1) is 23.5 Å². The fourth-order valence-electron chi connectivity index (χ4n) is 8.86. The zero-order valence-electron chi connectivity index (χ0n) is 26.1. The lowest BCUT2D eigenvalue weighted by Gasteiger charge is -2.43. The highest BCUT2D eigenvalue weighted by atomic mass is 32.2. The van der Waals surface area contributed by atoms with E-state index in [1.54, 1.807) is 25.6 Å². The SMILES string of the molecule is CCOc1cc([C@H]2c3sc(=O)[nH]c3SC3C4CC(C5C(=O)N(C(C(=O)O)C(C)C)C(=O)C45)C32)ccc1OCC(=O)N1CCCCC1. The molecule has 1 aromatic carbocycles. The Labute approximate surface area is 275 Å². The van der Waals surface area contributed by atoms with Crippen molar-refractivity contribution in [1.82, 2.24) is 14.8 Å². The van der Waals surface area contributed by atoms with E-state index < -0.39 is 29.8 Å². The number of amides is 3. The Morgan fingerprint density at radius 2 is 1.74 bits per heavy atom. The van der Waals surface area contributed by atoms with Crippen molar-refractivity contribution in [3.63, 3.8) is 0 Å². The number of carbonyl (C=O) groups excluding carboxylic acids is 3. The van der Waals surface area contributed by atoms with Gasteiger partial charge in [0.2, 0.25) is 11.8 Å². The molecule has 3 aliphatic heterocycles. The Hall–Kier alpha value is -3.32. The summed E-state index contributed by atoms with van der Waals surface area (Å²) in [6, 6.07) is 4.49. The third kappa shape index (κ3) is 4.96. The van der Waals surface area contributed by atoms with Crippen molar-refractivity contribution in [3.8, 4) is 11.5 Å². The van der Waals surface area contributed by atoms with E-state index in [2.05, 4.69) is 4.98 Å². The molecule has 246 valence electrons. The maximum atomic E-state index is 13.9. The van der Waals surface area contributed by atoms with Crippen LogP contribution in [-0.2, 0) is 19.2 Å². The lowest BCUT2D eigenvalue weighted by Crippen LogP contribution is -2.49. The summed E-state index contributed by atoms with van der Waals surface area (Å²) >= 11 is 2.75. The van der Waals surface area contributed by atoms with E-state index in [1.165, 1.54) is 11.3 Å². The van der Waals surface area contributed by atoms with E-state index in [0.717, 1.165) is 52.7 Å². The molecule has 2 saturated heterocycles. The fraction of sp³-hybridized carbons (Fsp3) is 0.606. The minimum absolute atomic E-state index is 0.0262. The van der Waals surface area contributed by atoms with Gasteiger partial charge in [-0.15, -0.1) is 11.8 Å². The quantitative estimate of drug-likeness (QED) is 0.381. The number of imide groups is 1. The molecule has 3 amide bonds. The first-order chi connectivity index (χ1) is 22.1. The van der Waals surface area contributed by atoms with Gasteiger partial charge in [-0.05, 0) is 74.0 Å². The van der Waals surface area contributed by atoms with E-state index in [0.29, 0.717) is 24.5 Å². The molecule has 8 atom stereocenters. The molecule has 2 saturated carbocycles. The number of thioether (sulfide) groups is 1. The number of carboxylic acids is 1. The average Bonchev–Trinajstić information content (AvgIpc) is 3.76. The number of nitrogens with zero attached hydrogens (tertiary/aromatic N) is 2. The molecule has 13 heteroatoms. The summed E-state index contributed by atoms with van der Waals surface area (Å²) in [5.74, 6) is -3.07. The number of aromatic nitrogens is 1. The summed E-state index contributed by atoms with van der Waals surface area (Å²) in [5.41, 5.74) is 0.910. The van der Waals surface area contributed by atoms with Gasteiger partial charge in [-0.25, -0.2) is 4.79 Å². The third-order valence-electron chi connectivity index (χ3n) is 10.6. The molecule has 1 aromatic heterocycles. The molecule has 0 spiro atoms. The van der Waals surface area contributed by atoms with E-state index in [1.807, 2.05) is 30.0 Å². The number of aliphatic carboxylic acids is 1. The molecule has 5 aliphatic rings. The van der Waals surface area contributed by atoms with Gasteiger partial charge in [-0.2, -0.15) is 0 Å². The summed E-state index contributed by atoms with van der Waals surface area (Å²) in [4.78, 5) is 72.1. The maximum Gasteiger partial charge on any atom is 0.327 e. The molecule has 4 heterocycles. The topological polar surface area (TPSA) is 146 Å². The number of carbonyl (C=O) groups is 4. The molecule has 11 nitrogen and oxygen atoms in total. The number of piperidine rings is 1. The number of aromatic amines is 1. The number of rotatable bonds is 9. The second-order valence-electron chi connectivity index (χ2n) is 13.4. The third-order valence-corrected chi connectivity index (χ3v) is 13.2. The second-order valence-corrected chi connectivity index (χ2v) is 15.6. The van der Waals surface area contributed by atoms with Crippen molar-refractivity contribution >= 4 is 46.8 Å². The first-order valence-corrected chi connectivity index (χ1v) is 18.0. The largest absolute Gasteiger partial charge is 0.490 e. The van der Waals surface area contributed by atoms with Gasteiger partial charge in [0, 0.05) is 29.1 Å². The highest BCUT2D eigenvalue weighted by molar-refractivity contribution is 8.00. The normalized spacial score (nSPS) is 30.3. The molecular formula is C33H39N3O8S2. The van der Waals surface area contributed by atoms with Crippen molar-refractivity contribution in [1.29, 1.82) is 0 Å². The summed E-state index contributed by atoms with van der Waals surface area (Å²) < 4.78 is 12.0. The number of likely N-dealkylation sites (tertiary alicyclic amines) is 2. The molecule has 4 fully saturated rings. The molecule has 0 radical (unpaired) electrons. The standard InChI is InChI=1S/C33H39N3O8S2/c1-4-43-20-12-16(8-9-19(20)44-14-21(37)35-10-6-5-7-11-35)22-23-17-13-18(27(23)45-29-28(22)46-33(42)34-29)25-24(17)30(38)36(31(25)39)26(15(2)3)32(40)41/h8-9,12,15,17-18,22-27H,4-7,10-11,13-14H2,1-3H3,(H,34,42)(H,40,41)/t17?,18?,22-,23?,24?,25?,26?,27?/m1/s1. The van der Waals surface area contributed by atoms with Crippen LogP contribution in [0.15, 0.2) is 28.0 Å². The molecule has 2 aliphatic carbocycles. The lowest BCUT2D eigenvalue weighted by atomic mass is 9.68. The van der Waals surface area contributed by atoms with Crippen LogP contribution in [0.4, 0.5) is 0 Å². The molecule has 2 N–H and O–H groups in total. The smallest absolute Gasteiger partial charge is 0.327 e. The highest BCUT2D eigenvalue weighted by Gasteiger charge is 2.70. The Bertz CT molecular complexity index is 1630. The number of hydrogen-bond acceptors (Lipinski definition) is 9. The zero-order chi connectivity index (χ0) is 32.4. The number of fused-ring (bicyclic) bond motifs is 9. The van der Waals surface area contributed by atoms with Crippen LogP contribution in [0, 0.1) is 35.5 Å². The zero-order valence-corrected chi connectivity index (χ0v) is 27.7. The summed E-state index contributed by atoms with van der Waals surface area (Å²) in [6.07, 6.45) is 3.83. The maximum absolute atomic E-state index is 13.9. The summed E-state index contributed by atoms with van der Waals surface area (Å²) in [5, 5.41) is 10.7. The molecule has 7 rings (SSSR count). The van der Waals surface area contributed by atoms with Crippen molar-refractivity contribution < 1.29 is 33.8 Å². The van der Waals surface area contributed by atoms with Gasteiger partial charge in [-0.1, -0.05) is 31.3 Å². The number of benzene rings is 1. The minimum atomic E-state index is -1.20. The first kappa shape index (κ1) is 31.3. The molecule has 7 unspecified atom stereocenters. The Kier molecular flexibility index (Phi) is 8.19. The Morgan fingerprint density at radius 1 is 1.02 bits per heavy atom. The predicted molar refractivity (Wildman–Crippen MR) is 170 cm³/mol. The summed E-state index contributed by atoms with van der Waals surface area (Å²) in [7, 11) is 0. The average molecular weight is 670 g/mol. The lowest BCUT2D eigenvalue weighted by molar-refractivity contribution is -0.157. The second kappa shape index (κ2) is 12.0. The number of ether oxygens (including phenoxy) is 2. The number of H-pyrrole nitrogens is 1. The Balaban J connectivity index is 1.22. The number of carboxylic acid groups (broad SMARTS) is 1. The van der Waals surface area contributed by atoms with E-state index in [9.17, 15) is 29.1 Å². The number of hydrogen-bond donors (Lipinski definition) is 2. The monoisotopic (exact) mass is 669 g/mol. The predicted octanol–water partition coefficient (Wildman–Crippen LogP) is 3.81. The Morgan fingerprint density at radius 3 is 2.41 bits per heavy atom. The van der Waals surface area contributed by atoms with Crippen LogP contribution in [0.3, 0.4) is 0 Å². The molecule has 46 heavy (non-hydrogen) atoms. The van der Waals surface area contributed by atoms with Crippen molar-refractivity contribution in [2.45, 2.75) is 68.7 Å². The van der Waals surface area contributed by atoms with Gasteiger partial charge in [0.1, 0.15) is 6.04 Å². The van der Waals surface area contributed by atoms with Gasteiger partial charge in [0.15, 0.2) is 18.1 Å². The van der Waals surface area contributed by atoms with E-state index >= 15 is 0 Å². The van der Waals surface area contributed by atoms with Crippen LogP contribution in [0.2, 0.25) is 0 Å². The number of thiazole rings is 1. The number of nitrogens with one attached hydrogen (secondary N) is 1. The van der Waals surface area contributed by atoms with Gasteiger partial charge in [-0.3, -0.25) is 24.1 Å². The van der Waals surface area contributed by atoms with E-state index in [-0.39, 0.29) is 58.1 Å². The highest BCUT2D eigenvalue weighted by Crippen LogP contribution is 2.68. The minimum Gasteiger partial charge on any atom is -0.490 e. The van der Waals surface area contributed by atoms with E-state index in [4.69, 9.17) is 9.47 Å². The fourth-order valence-corrected chi connectivity index (χ4v) is 11.7. The van der Waals surface area contributed by atoms with Crippen LogP contribution < -0.4 is 14.3 Å². The first-order valence-electron chi connectivity index (χ1n) is 16.3. The molecule has 2 bridgehead atoms. The van der Waals surface area contributed by atoms with Crippen LogP contribution in [0.25, 0.3) is 0 Å². The molecular weight excluding hydrogens is 631 g/mol. The summed E-state index contributed by atoms with van der Waals surface area (Å²) in [6.45, 7) is 7.11. The van der Waals surface area contributed by atoms with Gasteiger partial charge >= 0.3 is 10.8 Å². The van der Waals surface area contributed by atoms with Crippen molar-refractivity contribution in [2.75, 3.05) is 26.3 Å². The van der Waals surface area contributed by atoms with Crippen LogP contribution >= 0.6 is 23.1 Å². The van der Waals surface area contributed by atoms with Crippen LogP contribution in [0.5, 0.6) is 11.5 Å². The van der Waals surface area contributed by atoms with Crippen molar-refractivity contribution in [3.05, 3.63) is 38.3 Å².